The van der Waals surface area contributed by atoms with E-state index in [2.05, 4.69) is 70.2 Å². The first-order valence-corrected chi connectivity index (χ1v) is 10.3. The summed E-state index contributed by atoms with van der Waals surface area (Å²) in [4.78, 5) is 0. The maximum atomic E-state index is 3.93. The fourth-order valence-corrected chi connectivity index (χ4v) is 8.73. The Balaban J connectivity index is 0.00000104. The van der Waals surface area contributed by atoms with E-state index in [9.17, 15) is 0 Å². The molecule has 2 aliphatic carbocycles. The van der Waals surface area contributed by atoms with E-state index in [1.807, 2.05) is 0 Å². The Labute approximate surface area is 180 Å². The van der Waals surface area contributed by atoms with E-state index in [1.54, 1.807) is 21.5 Å². The predicted molar refractivity (Wildman–Crippen MR) is 95.9 cm³/mol. The Morgan fingerprint density at radius 1 is 1.08 bits per heavy atom. The van der Waals surface area contributed by atoms with Crippen LogP contribution in [0.5, 0.6) is 0 Å². The zero-order valence-electron chi connectivity index (χ0n) is 15.2. The van der Waals surface area contributed by atoms with Crippen molar-refractivity contribution in [3.8, 4) is 0 Å². The van der Waals surface area contributed by atoms with Gasteiger partial charge in [-0.05, 0) is 26.3 Å². The minimum absolute atomic E-state index is 0. The minimum Gasteiger partial charge on any atom is -1.00 e. The van der Waals surface area contributed by atoms with Gasteiger partial charge < -0.3 is 24.8 Å². The van der Waals surface area contributed by atoms with Crippen molar-refractivity contribution in [1.29, 1.82) is 0 Å². The number of hydrogen-bond acceptors (Lipinski definition) is 0. The van der Waals surface area contributed by atoms with Crippen molar-refractivity contribution in [3.63, 3.8) is 0 Å². The smallest absolute Gasteiger partial charge is 1.00 e. The van der Waals surface area contributed by atoms with E-state index in [4.69, 9.17) is 0 Å². The van der Waals surface area contributed by atoms with Crippen molar-refractivity contribution in [1.82, 2.24) is 0 Å². The zero-order chi connectivity index (χ0) is 15.5. The van der Waals surface area contributed by atoms with Gasteiger partial charge in [0, 0.05) is 8.80 Å². The molecule has 2 unspecified atom stereocenters. The molecule has 0 fully saturated rings. The Kier molecular flexibility index (Phi) is 7.41. The molecule has 4 heteroatoms. The quantitative estimate of drug-likeness (QED) is 0.426. The van der Waals surface area contributed by atoms with Crippen LogP contribution in [0.15, 0.2) is 69.1 Å². The van der Waals surface area contributed by atoms with Crippen LogP contribution in [-0.2, 0) is 27.8 Å². The largest absolute Gasteiger partial charge is 3.00 e. The van der Waals surface area contributed by atoms with Gasteiger partial charge >= 0.3 is 21.7 Å². The molecule has 25 heavy (non-hydrogen) atoms. The van der Waals surface area contributed by atoms with E-state index in [-0.39, 0.29) is 51.9 Å². The first-order chi connectivity index (χ1) is 10.5. The van der Waals surface area contributed by atoms with Crippen molar-refractivity contribution in [3.05, 3.63) is 80.7 Å². The first kappa shape index (κ1) is 22.7. The minimum atomic E-state index is -0.963. The van der Waals surface area contributed by atoms with Gasteiger partial charge in [0.25, 0.3) is 0 Å². The monoisotopic (exact) mass is 421 g/mol. The molecule has 2 aliphatic heterocycles. The molecule has 5 rings (SSSR count). The molecular weight excluding hydrogens is 399 g/mol. The maximum Gasteiger partial charge on any atom is 3.00 e. The van der Waals surface area contributed by atoms with E-state index < -0.39 is 8.80 Å². The summed E-state index contributed by atoms with van der Waals surface area (Å²) >= 11 is 0. The SMILES string of the molecule is CC1=CC(C)=C(C2(C)[C-]=C3C(C)=C2[SiH]3Cc2ccccc2)C1.[Cl-].[Cl-].[Ti+3]. The van der Waals surface area contributed by atoms with Gasteiger partial charge in [-0.2, -0.15) is 5.20 Å². The molecule has 2 atom stereocenters. The molecule has 1 aromatic rings. The second-order valence-electron chi connectivity index (χ2n) is 7.27. The topological polar surface area (TPSA) is 0 Å². The third kappa shape index (κ3) is 3.47. The summed E-state index contributed by atoms with van der Waals surface area (Å²) in [5.74, 6) is 0. The number of benzene rings is 1. The summed E-state index contributed by atoms with van der Waals surface area (Å²) < 4.78 is 0. The second kappa shape index (κ2) is 8.15. The average Bonchev–Trinajstić information content (AvgIpc) is 3.08. The average molecular weight is 422 g/mol. The van der Waals surface area contributed by atoms with Gasteiger partial charge in [-0.3, -0.25) is 6.08 Å². The molecular formula is C21H23Cl2SiTi. The third-order valence-corrected chi connectivity index (χ3v) is 9.57. The van der Waals surface area contributed by atoms with E-state index in [0.717, 1.165) is 6.42 Å². The first-order valence-electron chi connectivity index (χ1n) is 8.28. The molecule has 2 bridgehead atoms. The third-order valence-electron chi connectivity index (χ3n) is 5.71. The summed E-state index contributed by atoms with van der Waals surface area (Å²) in [7, 11) is -0.963. The van der Waals surface area contributed by atoms with E-state index in [1.165, 1.54) is 22.8 Å². The van der Waals surface area contributed by atoms with Crippen molar-refractivity contribution in [2.45, 2.75) is 40.2 Å². The fourth-order valence-electron chi connectivity index (χ4n) is 4.76. The molecule has 0 spiro atoms. The molecule has 0 saturated heterocycles. The van der Waals surface area contributed by atoms with Gasteiger partial charge in [-0.15, -0.1) is 6.92 Å². The van der Waals surface area contributed by atoms with Gasteiger partial charge in [0.05, 0.1) is 0 Å². The number of fused-ring (bicyclic) bond motifs is 1. The molecule has 4 aliphatic rings. The molecule has 0 N–H and O–H groups in total. The van der Waals surface area contributed by atoms with Gasteiger partial charge in [-0.1, -0.05) is 71.0 Å². The van der Waals surface area contributed by atoms with Gasteiger partial charge in [0.15, 0.2) is 0 Å². The van der Waals surface area contributed by atoms with Crippen LogP contribution in [0, 0.1) is 11.5 Å². The molecule has 2 heterocycles. The van der Waals surface area contributed by atoms with Crippen LogP contribution in [0.4, 0.5) is 0 Å². The molecule has 0 aromatic heterocycles. The van der Waals surface area contributed by atoms with Crippen molar-refractivity contribution < 1.29 is 46.5 Å². The predicted octanol–water partition coefficient (Wildman–Crippen LogP) is -1.17. The summed E-state index contributed by atoms with van der Waals surface area (Å²) in [6, 6.07) is 12.3. The molecule has 1 radical (unpaired) electrons. The molecule has 0 saturated carbocycles. The molecule has 0 amide bonds. The van der Waals surface area contributed by atoms with Gasteiger partial charge in [0.1, 0.15) is 0 Å². The number of hydrogen-bond donors (Lipinski definition) is 0. The Morgan fingerprint density at radius 2 is 1.72 bits per heavy atom. The van der Waals surface area contributed by atoms with Gasteiger partial charge in [0.2, 0.25) is 0 Å². The van der Waals surface area contributed by atoms with E-state index in [0.29, 0.717) is 0 Å². The summed E-state index contributed by atoms with van der Waals surface area (Å²) in [6.07, 6.45) is 7.44. The van der Waals surface area contributed by atoms with Crippen LogP contribution in [0.3, 0.4) is 0 Å². The van der Waals surface area contributed by atoms with Gasteiger partial charge in [-0.25, -0.2) is 10.8 Å². The summed E-state index contributed by atoms with van der Waals surface area (Å²) in [6.45, 7) is 9.28. The van der Waals surface area contributed by atoms with Crippen LogP contribution in [0.2, 0.25) is 0 Å². The Morgan fingerprint density at radius 3 is 2.28 bits per heavy atom. The summed E-state index contributed by atoms with van der Waals surface area (Å²) in [5, 5.41) is 3.38. The maximum absolute atomic E-state index is 3.93. The number of allylic oxidation sites excluding steroid dienone is 8. The van der Waals surface area contributed by atoms with Crippen LogP contribution in [-0.4, -0.2) is 8.80 Å². The molecule has 1 aromatic carbocycles. The standard InChI is InChI=1S/C21H23Si.2ClH.Ti/c1-14-10-15(2)18(11-14)21(4)12-19-16(3)20(21)22(19)13-17-8-6-5-7-9-17;;;/h5-10,22H,11,13H2,1-4H3;2*1H;/q-1;;;+3/p-2. The fraction of sp³-hybridized carbons (Fsp3) is 0.333. The normalized spacial score (nSPS) is 26.2. The van der Waals surface area contributed by atoms with Crippen LogP contribution >= 0.6 is 0 Å². The number of halogens is 2. The molecule has 0 nitrogen and oxygen atoms in total. The second-order valence-corrected chi connectivity index (χ2v) is 9.94. The molecule has 129 valence electrons. The van der Waals surface area contributed by atoms with Crippen LogP contribution in [0.25, 0.3) is 0 Å². The zero-order valence-corrected chi connectivity index (χ0v) is 19.4. The Hall–Kier alpha value is -0.309. The van der Waals surface area contributed by atoms with Crippen LogP contribution < -0.4 is 24.8 Å². The number of rotatable bonds is 3. The van der Waals surface area contributed by atoms with Crippen molar-refractivity contribution in [2.24, 2.45) is 5.41 Å². The van der Waals surface area contributed by atoms with Crippen molar-refractivity contribution in [2.75, 3.05) is 0 Å². The van der Waals surface area contributed by atoms with E-state index >= 15 is 0 Å². The Bertz CT molecular complexity index is 789. The van der Waals surface area contributed by atoms with Crippen molar-refractivity contribution >= 4 is 8.80 Å². The van der Waals surface area contributed by atoms with Crippen LogP contribution in [0.1, 0.15) is 39.7 Å². The summed E-state index contributed by atoms with van der Waals surface area (Å²) in [5.41, 5.74) is 7.78.